The number of aromatic nitrogens is 2. The molecule has 0 aliphatic rings. The largest absolute Gasteiger partial charge is 0.480 e. The molecule has 5 N–H and O–H groups in total. The number of rotatable bonds is 9. The standard InChI is InChI=1S/C11H20N4O2/c12-10(11(16)17)3-1-2-5-13-6-4-9-7-14-8-15-9/h7-8,10,13H,1-6,12H2,(H,14,15)(H,16,17). The summed E-state index contributed by atoms with van der Waals surface area (Å²) in [6, 6.07) is -0.722. The number of hydrogen-bond donors (Lipinski definition) is 4. The minimum absolute atomic E-state index is 0.539. The van der Waals surface area contributed by atoms with E-state index < -0.39 is 12.0 Å². The highest BCUT2D eigenvalue weighted by Crippen LogP contribution is 1.98. The van der Waals surface area contributed by atoms with Crippen LogP contribution in [0.5, 0.6) is 0 Å². The van der Waals surface area contributed by atoms with Gasteiger partial charge in [0.1, 0.15) is 6.04 Å². The van der Waals surface area contributed by atoms with Crippen LogP contribution in [0.3, 0.4) is 0 Å². The van der Waals surface area contributed by atoms with Gasteiger partial charge in [-0.05, 0) is 19.4 Å². The van der Waals surface area contributed by atoms with E-state index in [4.69, 9.17) is 10.8 Å². The van der Waals surface area contributed by atoms with E-state index in [1.54, 1.807) is 6.33 Å². The molecule has 0 saturated heterocycles. The molecule has 1 aromatic heterocycles. The molecule has 0 aliphatic heterocycles. The highest BCUT2D eigenvalue weighted by Gasteiger charge is 2.09. The van der Waals surface area contributed by atoms with Gasteiger partial charge in [-0.3, -0.25) is 4.79 Å². The first kappa shape index (κ1) is 13.7. The van der Waals surface area contributed by atoms with Crippen molar-refractivity contribution in [1.82, 2.24) is 15.3 Å². The van der Waals surface area contributed by atoms with Gasteiger partial charge in [0, 0.05) is 24.9 Å². The number of nitrogens with zero attached hydrogens (tertiary/aromatic N) is 1. The molecule has 1 aromatic rings. The van der Waals surface area contributed by atoms with E-state index >= 15 is 0 Å². The summed E-state index contributed by atoms with van der Waals surface area (Å²) in [5.74, 6) is -0.919. The SMILES string of the molecule is NC(CCCCNCCc1cnc[nH]1)C(=O)O. The fourth-order valence-electron chi connectivity index (χ4n) is 1.51. The average molecular weight is 240 g/mol. The molecule has 0 spiro atoms. The summed E-state index contributed by atoms with van der Waals surface area (Å²) in [5.41, 5.74) is 6.51. The van der Waals surface area contributed by atoms with Crippen molar-refractivity contribution in [3.05, 3.63) is 18.2 Å². The van der Waals surface area contributed by atoms with Crippen LogP contribution in [0.4, 0.5) is 0 Å². The van der Waals surface area contributed by atoms with Crippen molar-refractivity contribution in [3.63, 3.8) is 0 Å². The zero-order valence-corrected chi connectivity index (χ0v) is 9.85. The normalized spacial score (nSPS) is 12.5. The Kier molecular flexibility index (Phi) is 6.27. The number of H-pyrrole nitrogens is 1. The lowest BCUT2D eigenvalue weighted by atomic mass is 10.1. The van der Waals surface area contributed by atoms with Gasteiger partial charge in [0.2, 0.25) is 0 Å². The molecule has 0 bridgehead atoms. The van der Waals surface area contributed by atoms with Gasteiger partial charge in [0.25, 0.3) is 0 Å². The number of nitrogens with two attached hydrogens (primary N) is 1. The van der Waals surface area contributed by atoms with Crippen LogP contribution in [0, 0.1) is 0 Å². The molecule has 0 saturated carbocycles. The maximum absolute atomic E-state index is 10.4. The fourth-order valence-corrected chi connectivity index (χ4v) is 1.51. The van der Waals surface area contributed by atoms with E-state index in [1.807, 2.05) is 6.20 Å². The summed E-state index contributed by atoms with van der Waals surface area (Å²) in [4.78, 5) is 17.4. The molecular weight excluding hydrogens is 220 g/mol. The lowest BCUT2D eigenvalue weighted by Crippen LogP contribution is -2.30. The van der Waals surface area contributed by atoms with Gasteiger partial charge in [-0.15, -0.1) is 0 Å². The van der Waals surface area contributed by atoms with Crippen molar-refractivity contribution in [2.75, 3.05) is 13.1 Å². The molecule has 0 fully saturated rings. The third-order valence-corrected chi connectivity index (χ3v) is 2.56. The highest BCUT2D eigenvalue weighted by atomic mass is 16.4. The molecule has 1 heterocycles. The van der Waals surface area contributed by atoms with Crippen LogP contribution in [-0.4, -0.2) is 40.2 Å². The van der Waals surface area contributed by atoms with E-state index in [1.165, 1.54) is 0 Å². The molecule has 96 valence electrons. The number of aliphatic carboxylic acids is 1. The molecule has 1 rings (SSSR count). The summed E-state index contributed by atoms with van der Waals surface area (Å²) in [6.45, 7) is 1.79. The first-order chi connectivity index (χ1) is 8.20. The van der Waals surface area contributed by atoms with Gasteiger partial charge in [0.05, 0.1) is 6.33 Å². The smallest absolute Gasteiger partial charge is 0.320 e. The van der Waals surface area contributed by atoms with Crippen LogP contribution in [-0.2, 0) is 11.2 Å². The topological polar surface area (TPSA) is 104 Å². The predicted molar refractivity (Wildman–Crippen MR) is 64.6 cm³/mol. The second kappa shape index (κ2) is 7.81. The van der Waals surface area contributed by atoms with Crippen LogP contribution in [0.2, 0.25) is 0 Å². The Balaban J connectivity index is 1.89. The van der Waals surface area contributed by atoms with Crippen LogP contribution in [0.25, 0.3) is 0 Å². The van der Waals surface area contributed by atoms with Crippen LogP contribution in [0.15, 0.2) is 12.5 Å². The van der Waals surface area contributed by atoms with E-state index in [0.29, 0.717) is 6.42 Å². The number of carboxylic acids is 1. The Bertz CT molecular complexity index is 313. The van der Waals surface area contributed by atoms with Crippen molar-refractivity contribution in [2.45, 2.75) is 31.7 Å². The molecule has 0 radical (unpaired) electrons. The van der Waals surface area contributed by atoms with Crippen molar-refractivity contribution in [2.24, 2.45) is 5.73 Å². The molecule has 6 heteroatoms. The second-order valence-electron chi connectivity index (χ2n) is 4.02. The molecule has 1 atom stereocenters. The molecule has 6 nitrogen and oxygen atoms in total. The molecule has 0 amide bonds. The zero-order chi connectivity index (χ0) is 12.5. The highest BCUT2D eigenvalue weighted by molar-refractivity contribution is 5.72. The molecule has 0 aliphatic carbocycles. The second-order valence-corrected chi connectivity index (χ2v) is 4.02. The first-order valence-corrected chi connectivity index (χ1v) is 5.86. The number of carbonyl (C=O) groups is 1. The van der Waals surface area contributed by atoms with E-state index in [2.05, 4.69) is 15.3 Å². The maximum atomic E-state index is 10.4. The van der Waals surface area contributed by atoms with Gasteiger partial charge in [0.15, 0.2) is 0 Å². The third kappa shape index (κ3) is 6.03. The minimum Gasteiger partial charge on any atom is -0.480 e. The molecule has 17 heavy (non-hydrogen) atoms. The summed E-state index contributed by atoms with van der Waals surface area (Å²) < 4.78 is 0. The third-order valence-electron chi connectivity index (χ3n) is 2.56. The van der Waals surface area contributed by atoms with Crippen molar-refractivity contribution in [1.29, 1.82) is 0 Å². The monoisotopic (exact) mass is 240 g/mol. The van der Waals surface area contributed by atoms with E-state index in [9.17, 15) is 4.79 Å². The summed E-state index contributed by atoms with van der Waals surface area (Å²) in [7, 11) is 0. The number of aromatic amines is 1. The van der Waals surface area contributed by atoms with Gasteiger partial charge in [-0.1, -0.05) is 6.42 Å². The quantitative estimate of drug-likeness (QED) is 0.459. The molecular formula is C11H20N4O2. The Morgan fingerprint density at radius 2 is 2.35 bits per heavy atom. The number of imidazole rings is 1. The number of hydrogen-bond acceptors (Lipinski definition) is 4. The molecule has 0 aromatic carbocycles. The Hall–Kier alpha value is -1.40. The minimum atomic E-state index is -0.919. The van der Waals surface area contributed by atoms with Crippen molar-refractivity contribution < 1.29 is 9.90 Å². The van der Waals surface area contributed by atoms with Crippen LogP contribution >= 0.6 is 0 Å². The van der Waals surface area contributed by atoms with E-state index in [-0.39, 0.29) is 0 Å². The first-order valence-electron chi connectivity index (χ1n) is 5.86. The van der Waals surface area contributed by atoms with Crippen molar-refractivity contribution in [3.8, 4) is 0 Å². The number of carboxylic acid groups (broad SMARTS) is 1. The Labute approximate surface area is 101 Å². The van der Waals surface area contributed by atoms with Crippen LogP contribution < -0.4 is 11.1 Å². The van der Waals surface area contributed by atoms with E-state index in [0.717, 1.165) is 38.0 Å². The predicted octanol–water partition coefficient (Wildman–Crippen LogP) is 0.124. The fraction of sp³-hybridized carbons (Fsp3) is 0.636. The summed E-state index contributed by atoms with van der Waals surface area (Å²) in [6.07, 6.45) is 6.73. The van der Waals surface area contributed by atoms with Crippen molar-refractivity contribution >= 4 is 5.97 Å². The van der Waals surface area contributed by atoms with Gasteiger partial charge in [-0.2, -0.15) is 0 Å². The van der Waals surface area contributed by atoms with Gasteiger partial charge in [-0.25, -0.2) is 4.98 Å². The van der Waals surface area contributed by atoms with Gasteiger partial charge >= 0.3 is 5.97 Å². The zero-order valence-electron chi connectivity index (χ0n) is 9.85. The van der Waals surface area contributed by atoms with Gasteiger partial charge < -0.3 is 21.1 Å². The Morgan fingerprint density at radius 1 is 1.53 bits per heavy atom. The Morgan fingerprint density at radius 3 is 3.00 bits per heavy atom. The van der Waals surface area contributed by atoms with Crippen LogP contribution in [0.1, 0.15) is 25.0 Å². The number of nitrogens with one attached hydrogen (secondary N) is 2. The summed E-state index contributed by atoms with van der Waals surface area (Å²) >= 11 is 0. The average Bonchev–Trinajstić information content (AvgIpc) is 2.80. The maximum Gasteiger partial charge on any atom is 0.320 e. The molecule has 1 unspecified atom stereocenters. The lowest BCUT2D eigenvalue weighted by Gasteiger charge is -2.06. The summed E-state index contributed by atoms with van der Waals surface area (Å²) in [5, 5.41) is 11.9. The number of unbranched alkanes of at least 4 members (excludes halogenated alkanes) is 1. The lowest BCUT2D eigenvalue weighted by molar-refractivity contribution is -0.138.